The van der Waals surface area contributed by atoms with Gasteiger partial charge in [-0.15, -0.1) is 0 Å². The Hall–Kier alpha value is -2.43. The molecule has 0 saturated heterocycles. The lowest BCUT2D eigenvalue weighted by Gasteiger charge is -2.10. The van der Waals surface area contributed by atoms with Gasteiger partial charge in [0.1, 0.15) is 5.75 Å². The number of benzene rings is 2. The van der Waals surface area contributed by atoms with E-state index >= 15 is 0 Å². The number of nitrogens with zero attached hydrogens (tertiary/aromatic N) is 2. The van der Waals surface area contributed by atoms with Crippen molar-refractivity contribution in [3.63, 3.8) is 0 Å². The van der Waals surface area contributed by atoms with Crippen molar-refractivity contribution in [1.82, 2.24) is 9.78 Å². The molecule has 0 atom stereocenters. The first-order valence-electron chi connectivity index (χ1n) is 6.57. The van der Waals surface area contributed by atoms with E-state index in [1.54, 1.807) is 22.9 Å². The van der Waals surface area contributed by atoms with Crippen LogP contribution in [0.1, 0.15) is 11.1 Å². The van der Waals surface area contributed by atoms with Crippen LogP contribution in [0.15, 0.2) is 48.7 Å². The van der Waals surface area contributed by atoms with Gasteiger partial charge in [-0.2, -0.15) is 13.9 Å². The predicted octanol–water partition coefficient (Wildman–Crippen LogP) is 3.77. The van der Waals surface area contributed by atoms with Crippen molar-refractivity contribution in [1.29, 1.82) is 0 Å². The van der Waals surface area contributed by atoms with Gasteiger partial charge < -0.3 is 4.74 Å². The average molecular weight is 288 g/mol. The third kappa shape index (κ3) is 3.02. The molecule has 0 radical (unpaired) electrons. The number of para-hydroxylation sites is 1. The van der Waals surface area contributed by atoms with E-state index in [0.29, 0.717) is 6.42 Å². The van der Waals surface area contributed by atoms with Gasteiger partial charge in [-0.05, 0) is 29.3 Å². The van der Waals surface area contributed by atoms with E-state index in [-0.39, 0.29) is 5.75 Å². The summed E-state index contributed by atoms with van der Waals surface area (Å²) in [6, 6.07) is 12.8. The molecular formula is C16H14F2N2O. The van der Waals surface area contributed by atoms with Crippen LogP contribution in [0.3, 0.4) is 0 Å². The molecule has 0 saturated carbocycles. The van der Waals surface area contributed by atoms with E-state index in [2.05, 4.69) is 9.84 Å². The summed E-state index contributed by atoms with van der Waals surface area (Å²) in [5, 5.41) is 5.34. The average Bonchev–Trinajstić information content (AvgIpc) is 2.80. The molecule has 3 aromatic rings. The Morgan fingerprint density at radius 3 is 2.81 bits per heavy atom. The number of hydrogen-bond donors (Lipinski definition) is 0. The molecule has 3 nitrogen and oxygen atoms in total. The Labute approximate surface area is 120 Å². The van der Waals surface area contributed by atoms with Gasteiger partial charge in [0.15, 0.2) is 0 Å². The molecule has 0 N–H and O–H groups in total. The van der Waals surface area contributed by atoms with Crippen LogP contribution in [0.4, 0.5) is 8.78 Å². The number of halogens is 2. The Bertz CT molecular complexity index is 768. The zero-order valence-corrected chi connectivity index (χ0v) is 11.5. The summed E-state index contributed by atoms with van der Waals surface area (Å²) < 4.78 is 31.1. The molecule has 1 heterocycles. The molecule has 2 aromatic carbocycles. The zero-order chi connectivity index (χ0) is 14.8. The quantitative estimate of drug-likeness (QED) is 0.731. The standard InChI is InChI=1S/C16H14F2N2O/c1-20-10-13-9-11(6-7-14(13)19-20)8-12-4-2-3-5-15(12)21-16(17)18/h2-7,9-10,16H,8H2,1H3. The lowest BCUT2D eigenvalue weighted by atomic mass is 10.0. The molecule has 5 heteroatoms. The number of aryl methyl sites for hydroxylation is 1. The first-order valence-corrected chi connectivity index (χ1v) is 6.57. The molecular weight excluding hydrogens is 274 g/mol. The fourth-order valence-corrected chi connectivity index (χ4v) is 2.39. The largest absolute Gasteiger partial charge is 0.435 e. The highest BCUT2D eigenvalue weighted by Crippen LogP contribution is 2.24. The lowest BCUT2D eigenvalue weighted by Crippen LogP contribution is -2.04. The van der Waals surface area contributed by atoms with E-state index in [9.17, 15) is 8.78 Å². The number of ether oxygens (including phenoxy) is 1. The molecule has 0 aliphatic rings. The zero-order valence-electron chi connectivity index (χ0n) is 11.5. The third-order valence-corrected chi connectivity index (χ3v) is 3.27. The second-order valence-electron chi connectivity index (χ2n) is 4.86. The Balaban J connectivity index is 1.91. The summed E-state index contributed by atoms with van der Waals surface area (Å²) in [6.45, 7) is -2.81. The Morgan fingerprint density at radius 2 is 2.00 bits per heavy atom. The molecule has 0 amide bonds. The molecule has 0 unspecified atom stereocenters. The van der Waals surface area contributed by atoms with E-state index in [1.165, 1.54) is 0 Å². The molecule has 21 heavy (non-hydrogen) atoms. The second kappa shape index (κ2) is 5.52. The minimum atomic E-state index is -2.81. The summed E-state index contributed by atoms with van der Waals surface area (Å²) >= 11 is 0. The third-order valence-electron chi connectivity index (χ3n) is 3.27. The monoisotopic (exact) mass is 288 g/mol. The maximum absolute atomic E-state index is 12.4. The second-order valence-corrected chi connectivity index (χ2v) is 4.86. The maximum Gasteiger partial charge on any atom is 0.387 e. The Morgan fingerprint density at radius 1 is 1.19 bits per heavy atom. The molecule has 108 valence electrons. The van der Waals surface area contributed by atoms with E-state index in [0.717, 1.165) is 22.0 Å². The number of aromatic nitrogens is 2. The summed E-state index contributed by atoms with van der Waals surface area (Å²) in [5.41, 5.74) is 2.68. The van der Waals surface area contributed by atoms with Crippen molar-refractivity contribution in [2.45, 2.75) is 13.0 Å². The highest BCUT2D eigenvalue weighted by atomic mass is 19.3. The summed E-state index contributed by atoms with van der Waals surface area (Å²) in [4.78, 5) is 0. The maximum atomic E-state index is 12.4. The topological polar surface area (TPSA) is 27.1 Å². The summed E-state index contributed by atoms with van der Waals surface area (Å²) in [6.07, 6.45) is 2.47. The van der Waals surface area contributed by atoms with Gasteiger partial charge in [-0.1, -0.05) is 24.3 Å². The van der Waals surface area contributed by atoms with Crippen LogP contribution < -0.4 is 4.74 Å². The minimum absolute atomic E-state index is 0.221. The molecule has 0 bridgehead atoms. The molecule has 0 spiro atoms. The number of alkyl halides is 2. The molecule has 1 aromatic heterocycles. The van der Waals surface area contributed by atoms with Crippen LogP contribution in [0.25, 0.3) is 10.9 Å². The van der Waals surface area contributed by atoms with Crippen molar-refractivity contribution >= 4 is 10.9 Å². The number of fused-ring (bicyclic) bond motifs is 1. The van der Waals surface area contributed by atoms with Crippen molar-refractivity contribution in [2.75, 3.05) is 0 Å². The molecule has 3 rings (SSSR count). The summed E-state index contributed by atoms with van der Waals surface area (Å²) in [7, 11) is 1.87. The van der Waals surface area contributed by atoms with Gasteiger partial charge in [0.05, 0.1) is 5.52 Å². The van der Waals surface area contributed by atoms with Gasteiger partial charge in [0.2, 0.25) is 0 Å². The van der Waals surface area contributed by atoms with Crippen LogP contribution in [0.2, 0.25) is 0 Å². The predicted molar refractivity (Wildman–Crippen MR) is 76.6 cm³/mol. The van der Waals surface area contributed by atoms with Crippen LogP contribution in [0, 0.1) is 0 Å². The van der Waals surface area contributed by atoms with Crippen LogP contribution in [0.5, 0.6) is 5.75 Å². The highest BCUT2D eigenvalue weighted by Gasteiger charge is 2.10. The molecule has 0 aliphatic heterocycles. The van der Waals surface area contributed by atoms with Gasteiger partial charge in [-0.25, -0.2) is 0 Å². The highest BCUT2D eigenvalue weighted by molar-refractivity contribution is 5.78. The van der Waals surface area contributed by atoms with Crippen LogP contribution in [-0.4, -0.2) is 16.4 Å². The van der Waals surface area contributed by atoms with Gasteiger partial charge in [0, 0.05) is 25.1 Å². The van der Waals surface area contributed by atoms with Gasteiger partial charge in [0.25, 0.3) is 0 Å². The van der Waals surface area contributed by atoms with E-state index in [4.69, 9.17) is 0 Å². The normalized spacial score (nSPS) is 11.2. The SMILES string of the molecule is Cn1cc2cc(Cc3ccccc3OC(F)F)ccc2n1. The van der Waals surface area contributed by atoms with E-state index in [1.807, 2.05) is 37.5 Å². The number of rotatable bonds is 4. The minimum Gasteiger partial charge on any atom is -0.435 e. The molecule has 0 fully saturated rings. The smallest absolute Gasteiger partial charge is 0.387 e. The number of hydrogen-bond acceptors (Lipinski definition) is 2. The van der Waals surface area contributed by atoms with Gasteiger partial charge >= 0.3 is 6.61 Å². The van der Waals surface area contributed by atoms with Crippen molar-refractivity contribution < 1.29 is 13.5 Å². The van der Waals surface area contributed by atoms with E-state index < -0.39 is 6.61 Å². The first-order chi connectivity index (χ1) is 10.1. The fourth-order valence-electron chi connectivity index (χ4n) is 2.39. The fraction of sp³-hybridized carbons (Fsp3) is 0.188. The van der Waals surface area contributed by atoms with Crippen LogP contribution >= 0.6 is 0 Å². The van der Waals surface area contributed by atoms with Crippen molar-refractivity contribution in [3.8, 4) is 5.75 Å². The lowest BCUT2D eigenvalue weighted by molar-refractivity contribution is -0.0503. The van der Waals surface area contributed by atoms with Crippen molar-refractivity contribution in [3.05, 3.63) is 59.8 Å². The summed E-state index contributed by atoms with van der Waals surface area (Å²) in [5.74, 6) is 0.221. The first kappa shape index (κ1) is 13.5. The Kier molecular flexibility index (Phi) is 3.56. The molecule has 0 aliphatic carbocycles. The van der Waals surface area contributed by atoms with Crippen LogP contribution in [-0.2, 0) is 13.5 Å². The van der Waals surface area contributed by atoms with Gasteiger partial charge in [-0.3, -0.25) is 4.68 Å². The van der Waals surface area contributed by atoms with Crippen molar-refractivity contribution in [2.24, 2.45) is 7.05 Å².